The van der Waals surface area contributed by atoms with Gasteiger partial charge in [0.15, 0.2) is 0 Å². The molecule has 0 aliphatic heterocycles. The van der Waals surface area contributed by atoms with Crippen molar-refractivity contribution < 1.29 is 18.0 Å². The molecule has 2 amide bonds. The number of hydrogen-bond acceptors (Lipinski definition) is 5. The van der Waals surface area contributed by atoms with E-state index in [9.17, 15) is 18.0 Å². The molecule has 0 radical (unpaired) electrons. The van der Waals surface area contributed by atoms with E-state index in [2.05, 4.69) is 20.7 Å². The average Bonchev–Trinajstić information content (AvgIpc) is 2.72. The second-order valence-electron chi connectivity index (χ2n) is 7.68. The summed E-state index contributed by atoms with van der Waals surface area (Å²) in [5.41, 5.74) is 1.89. The average molecular weight is 481 g/mol. The maximum absolute atomic E-state index is 12.8. The highest BCUT2D eigenvalue weighted by molar-refractivity contribution is 7.92. The van der Waals surface area contributed by atoms with Crippen LogP contribution in [0.3, 0.4) is 0 Å². The molecule has 0 heterocycles. The smallest absolute Gasteiger partial charge is 0.242 e. The maximum Gasteiger partial charge on any atom is 0.242 e. The number of para-hydroxylation sites is 2. The highest BCUT2D eigenvalue weighted by Gasteiger charge is 2.22. The van der Waals surface area contributed by atoms with Crippen molar-refractivity contribution in [3.63, 3.8) is 0 Å². The highest BCUT2D eigenvalue weighted by atomic mass is 35.5. The van der Waals surface area contributed by atoms with Gasteiger partial charge >= 0.3 is 0 Å². The summed E-state index contributed by atoms with van der Waals surface area (Å²) in [5.74, 6) is -0.771. The largest absolute Gasteiger partial charge is 0.382 e. The normalized spacial score (nSPS) is 12.2. The van der Waals surface area contributed by atoms with E-state index < -0.39 is 16.1 Å². The fourth-order valence-electron chi connectivity index (χ4n) is 2.84. The fraction of sp³-hybridized carbons (Fsp3) is 0.364. The molecule has 0 aliphatic rings. The minimum Gasteiger partial charge on any atom is -0.382 e. The Hall–Kier alpha value is -2.78. The summed E-state index contributed by atoms with van der Waals surface area (Å²) < 4.78 is 25.5. The molecule has 174 valence electrons. The Morgan fingerprint density at radius 1 is 0.938 bits per heavy atom. The van der Waals surface area contributed by atoms with Gasteiger partial charge in [-0.3, -0.25) is 14.3 Å². The zero-order chi connectivity index (χ0) is 23.7. The van der Waals surface area contributed by atoms with E-state index in [1.165, 1.54) is 0 Å². The lowest BCUT2D eigenvalue weighted by molar-refractivity contribution is -0.130. The molecule has 0 saturated heterocycles. The van der Waals surface area contributed by atoms with Crippen LogP contribution in [0.2, 0.25) is 5.02 Å². The number of carbonyl (C=O) groups is 2. The third kappa shape index (κ3) is 8.76. The van der Waals surface area contributed by atoms with Crippen LogP contribution < -0.4 is 20.7 Å². The van der Waals surface area contributed by atoms with Crippen molar-refractivity contribution in [2.24, 2.45) is 5.92 Å². The molecule has 2 rings (SSSR count). The first-order chi connectivity index (χ1) is 15.0. The molecule has 32 heavy (non-hydrogen) atoms. The minimum absolute atomic E-state index is 0.210. The molecular formula is C22H29ClN4O4S. The van der Waals surface area contributed by atoms with Gasteiger partial charge in [-0.25, -0.2) is 8.42 Å². The topological polar surface area (TPSA) is 116 Å². The SMILES string of the molecule is CC(C)C(=O)N[C@H](Cc1ccc(Cl)cc1)C(=O)NCCNc1ccccc1NS(C)(=O)=O. The van der Waals surface area contributed by atoms with E-state index in [1.54, 1.807) is 50.2 Å². The molecule has 0 bridgehead atoms. The maximum atomic E-state index is 12.8. The number of anilines is 2. The Labute approximate surface area is 194 Å². The zero-order valence-corrected chi connectivity index (χ0v) is 19.9. The van der Waals surface area contributed by atoms with E-state index in [-0.39, 0.29) is 24.3 Å². The molecule has 0 spiro atoms. The molecule has 10 heteroatoms. The van der Waals surface area contributed by atoms with Crippen LogP contribution in [0.5, 0.6) is 0 Å². The summed E-state index contributed by atoms with van der Waals surface area (Å²) in [7, 11) is -3.41. The summed E-state index contributed by atoms with van der Waals surface area (Å²) in [6.07, 6.45) is 1.41. The van der Waals surface area contributed by atoms with Crippen LogP contribution in [-0.4, -0.2) is 45.6 Å². The summed E-state index contributed by atoms with van der Waals surface area (Å²) in [6.45, 7) is 4.16. The van der Waals surface area contributed by atoms with Gasteiger partial charge in [0.1, 0.15) is 6.04 Å². The molecule has 4 N–H and O–H groups in total. The van der Waals surface area contributed by atoms with Gasteiger partial charge in [-0.05, 0) is 29.8 Å². The lowest BCUT2D eigenvalue weighted by Crippen LogP contribution is -2.49. The predicted molar refractivity (Wildman–Crippen MR) is 128 cm³/mol. The number of amides is 2. The van der Waals surface area contributed by atoms with Gasteiger partial charge in [0.25, 0.3) is 0 Å². The van der Waals surface area contributed by atoms with Crippen LogP contribution in [0, 0.1) is 5.92 Å². The number of carbonyl (C=O) groups excluding carboxylic acids is 2. The molecule has 0 unspecified atom stereocenters. The number of hydrogen-bond donors (Lipinski definition) is 4. The zero-order valence-electron chi connectivity index (χ0n) is 18.3. The van der Waals surface area contributed by atoms with Crippen molar-refractivity contribution in [3.8, 4) is 0 Å². The van der Waals surface area contributed by atoms with Crippen LogP contribution in [0.1, 0.15) is 19.4 Å². The third-order valence-electron chi connectivity index (χ3n) is 4.47. The van der Waals surface area contributed by atoms with E-state index in [4.69, 9.17) is 11.6 Å². The lowest BCUT2D eigenvalue weighted by Gasteiger charge is -2.20. The van der Waals surface area contributed by atoms with Crippen molar-refractivity contribution >= 4 is 44.8 Å². The molecule has 0 fully saturated rings. The van der Waals surface area contributed by atoms with E-state index in [0.29, 0.717) is 29.4 Å². The van der Waals surface area contributed by atoms with Crippen molar-refractivity contribution in [3.05, 3.63) is 59.1 Å². The number of halogens is 1. The summed E-state index contributed by atoms with van der Waals surface area (Å²) in [4.78, 5) is 25.0. The number of rotatable bonds is 11. The molecule has 0 saturated carbocycles. The lowest BCUT2D eigenvalue weighted by atomic mass is 10.0. The Balaban J connectivity index is 1.96. The fourth-order valence-corrected chi connectivity index (χ4v) is 3.54. The molecule has 8 nitrogen and oxygen atoms in total. The number of benzene rings is 2. The monoisotopic (exact) mass is 480 g/mol. The van der Waals surface area contributed by atoms with Crippen LogP contribution in [0.4, 0.5) is 11.4 Å². The highest BCUT2D eigenvalue weighted by Crippen LogP contribution is 2.21. The molecule has 0 aromatic heterocycles. The summed E-state index contributed by atoms with van der Waals surface area (Å²) in [5, 5.41) is 9.30. The quantitative estimate of drug-likeness (QED) is 0.369. The summed E-state index contributed by atoms with van der Waals surface area (Å²) >= 11 is 5.92. The Bertz CT molecular complexity index is 1030. The van der Waals surface area contributed by atoms with Crippen LogP contribution in [0.15, 0.2) is 48.5 Å². The van der Waals surface area contributed by atoms with Crippen molar-refractivity contribution in [2.45, 2.75) is 26.3 Å². The molecule has 1 atom stereocenters. The molecule has 2 aromatic rings. The molecular weight excluding hydrogens is 452 g/mol. The van der Waals surface area contributed by atoms with Crippen LogP contribution in [-0.2, 0) is 26.0 Å². The molecule has 2 aromatic carbocycles. The Kier molecular flexibility index (Phi) is 9.34. The van der Waals surface area contributed by atoms with E-state index in [0.717, 1.165) is 11.8 Å². The van der Waals surface area contributed by atoms with Gasteiger partial charge in [0.05, 0.1) is 17.6 Å². The van der Waals surface area contributed by atoms with E-state index >= 15 is 0 Å². The first-order valence-electron chi connectivity index (χ1n) is 10.2. The second-order valence-corrected chi connectivity index (χ2v) is 9.87. The van der Waals surface area contributed by atoms with Gasteiger partial charge in [-0.1, -0.05) is 49.7 Å². The van der Waals surface area contributed by atoms with Crippen molar-refractivity contribution in [2.75, 3.05) is 29.4 Å². The standard InChI is InChI=1S/C22H29ClN4O4S/c1-15(2)21(28)26-20(14-16-8-10-17(23)11-9-16)22(29)25-13-12-24-18-6-4-5-7-19(18)27-32(3,30)31/h4-11,15,20,24,27H,12-14H2,1-3H3,(H,25,29)(H,26,28)/t20-/m1/s1. The van der Waals surface area contributed by atoms with Gasteiger partial charge in [-0.2, -0.15) is 0 Å². The first kappa shape index (κ1) is 25.5. The van der Waals surface area contributed by atoms with Gasteiger partial charge in [0, 0.05) is 30.5 Å². The van der Waals surface area contributed by atoms with Gasteiger partial charge in [-0.15, -0.1) is 0 Å². The van der Waals surface area contributed by atoms with Gasteiger partial charge < -0.3 is 16.0 Å². The first-order valence-corrected chi connectivity index (χ1v) is 12.5. The van der Waals surface area contributed by atoms with Gasteiger partial charge in [0.2, 0.25) is 21.8 Å². The van der Waals surface area contributed by atoms with Crippen LogP contribution >= 0.6 is 11.6 Å². The number of nitrogens with one attached hydrogen (secondary N) is 4. The van der Waals surface area contributed by atoms with Crippen molar-refractivity contribution in [1.29, 1.82) is 0 Å². The minimum atomic E-state index is -3.41. The van der Waals surface area contributed by atoms with Crippen LogP contribution in [0.25, 0.3) is 0 Å². The Morgan fingerprint density at radius 3 is 2.16 bits per heavy atom. The second kappa shape index (κ2) is 11.7. The van der Waals surface area contributed by atoms with Crippen molar-refractivity contribution in [1.82, 2.24) is 10.6 Å². The third-order valence-corrected chi connectivity index (χ3v) is 5.32. The molecule has 0 aliphatic carbocycles. The number of sulfonamides is 1. The van der Waals surface area contributed by atoms with E-state index in [1.807, 2.05) is 12.1 Å². The summed E-state index contributed by atoms with van der Waals surface area (Å²) in [6, 6.07) is 13.3. The Morgan fingerprint density at radius 2 is 1.56 bits per heavy atom. The predicted octanol–water partition coefficient (Wildman–Crippen LogP) is 2.62.